The van der Waals surface area contributed by atoms with Crippen LogP contribution in [0.1, 0.15) is 44.6 Å². The number of aromatic nitrogens is 1. The summed E-state index contributed by atoms with van der Waals surface area (Å²) in [5, 5.41) is 13.2. The number of hydrogen-bond donors (Lipinski definition) is 2. The maximum absolute atomic E-state index is 15.4. The van der Waals surface area contributed by atoms with Crippen LogP contribution in [0.25, 0.3) is 0 Å². The van der Waals surface area contributed by atoms with Crippen LogP contribution in [-0.2, 0) is 51.2 Å². The third-order valence-corrected chi connectivity index (χ3v) is 16.6. The second kappa shape index (κ2) is 25.7. The Bertz CT molecular complexity index is 3430. The Hall–Kier alpha value is -9.29. The molecule has 3 aliphatic heterocycles. The molecule has 7 aromatic carbocycles. The van der Waals surface area contributed by atoms with Crippen molar-refractivity contribution >= 4 is 57.8 Å². The molecule has 1 aromatic heterocycles. The van der Waals surface area contributed by atoms with E-state index >= 15 is 4.79 Å². The zero-order valence-electron chi connectivity index (χ0n) is 45.2. The van der Waals surface area contributed by atoms with Crippen LogP contribution in [0, 0.1) is 0 Å². The van der Waals surface area contributed by atoms with Gasteiger partial charge in [0.1, 0.15) is 47.3 Å². The molecule has 4 heterocycles. The number of thiazole rings is 1. The van der Waals surface area contributed by atoms with E-state index in [0.717, 1.165) is 33.4 Å². The quantitative estimate of drug-likeness (QED) is 0.0244. The highest BCUT2D eigenvalue weighted by atomic mass is 32.2. The number of ether oxygens (including phenoxy) is 4. The number of rotatable bonds is 20. The molecule has 8 aromatic rings. The zero-order valence-corrected chi connectivity index (χ0v) is 46.9. The molecular weight excluding hydrogens is 1080 g/mol. The van der Waals surface area contributed by atoms with Gasteiger partial charge in [0.05, 0.1) is 20.3 Å². The summed E-state index contributed by atoms with van der Waals surface area (Å²) in [6.45, 7) is 1.51. The minimum atomic E-state index is -1.39. The van der Waals surface area contributed by atoms with Crippen molar-refractivity contribution in [1.29, 1.82) is 0 Å². The molecule has 0 spiro atoms. The van der Waals surface area contributed by atoms with Gasteiger partial charge in [-0.2, -0.15) is 0 Å². The highest BCUT2D eigenvalue weighted by Gasteiger charge is 2.55. The Morgan fingerprint density at radius 1 is 0.699 bits per heavy atom. The van der Waals surface area contributed by atoms with Crippen molar-refractivity contribution in [3.63, 3.8) is 0 Å². The maximum Gasteiger partial charge on any atom is 0.410 e. The Morgan fingerprint density at radius 3 is 1.73 bits per heavy atom. The van der Waals surface area contributed by atoms with Crippen molar-refractivity contribution in [2.24, 2.45) is 5.16 Å². The van der Waals surface area contributed by atoms with Gasteiger partial charge in [0.25, 0.3) is 11.8 Å². The molecule has 2 fully saturated rings. The number of hydrogen-bond acceptors (Lipinski definition) is 14. The van der Waals surface area contributed by atoms with Gasteiger partial charge in [0.15, 0.2) is 10.8 Å². The molecule has 2 atom stereocenters. The van der Waals surface area contributed by atoms with Crippen molar-refractivity contribution in [3.8, 4) is 5.75 Å². The summed E-state index contributed by atoms with van der Waals surface area (Å²) < 4.78 is 22.1. The fraction of sp³-hybridized carbons (Fsp3) is 0.182. The lowest BCUT2D eigenvalue weighted by Crippen LogP contribution is -2.71. The van der Waals surface area contributed by atoms with Crippen LogP contribution in [0.4, 0.5) is 9.93 Å². The minimum Gasteiger partial charge on any atom is -0.497 e. The van der Waals surface area contributed by atoms with E-state index < -0.39 is 46.4 Å². The number of oxime groups is 1. The van der Waals surface area contributed by atoms with E-state index in [1.165, 1.54) is 28.0 Å². The monoisotopic (exact) mass is 1140 g/mol. The van der Waals surface area contributed by atoms with Crippen LogP contribution in [-0.4, -0.2) is 102 Å². The second-order valence-corrected chi connectivity index (χ2v) is 21.5. The molecule has 11 rings (SSSR count). The van der Waals surface area contributed by atoms with Crippen LogP contribution in [0.3, 0.4) is 0 Å². The van der Waals surface area contributed by atoms with Crippen molar-refractivity contribution in [2.75, 3.05) is 51.1 Å². The number of carbonyl (C=O) groups is 4. The molecule has 15 nitrogen and oxygen atoms in total. The summed E-state index contributed by atoms with van der Waals surface area (Å²) in [7, 11) is 1.57. The molecule has 2 N–H and O–H groups in total. The number of esters is 1. The lowest BCUT2D eigenvalue weighted by atomic mass is 9.77. The topological polar surface area (TPSA) is 170 Å². The number of carbonyl (C=O) groups excluding carboxylic acids is 4. The molecule has 17 heteroatoms. The fourth-order valence-corrected chi connectivity index (χ4v) is 12.5. The van der Waals surface area contributed by atoms with Gasteiger partial charge in [-0.1, -0.05) is 205 Å². The lowest BCUT2D eigenvalue weighted by Gasteiger charge is -2.49. The number of benzene rings is 7. The second-order valence-electron chi connectivity index (χ2n) is 19.6. The Labute approximate surface area is 489 Å². The third-order valence-electron chi connectivity index (χ3n) is 14.6. The van der Waals surface area contributed by atoms with Gasteiger partial charge in [-0.15, -0.1) is 23.1 Å². The largest absolute Gasteiger partial charge is 0.497 e. The highest BCUT2D eigenvalue weighted by Crippen LogP contribution is 2.44. The molecular formula is C66H58N6O9S2. The minimum absolute atomic E-state index is 0.0121. The van der Waals surface area contributed by atoms with Gasteiger partial charge < -0.3 is 39.3 Å². The van der Waals surface area contributed by atoms with Gasteiger partial charge in [-0.25, -0.2) is 14.6 Å². The SMILES string of the molecule is COc1ccc(COC(=O)C2=C(/C=C\COC(=O)N3CCOCC3)CS[C@@H]3[C@H](NC(=O)/C(=N\OC(c4ccccc4)(c4ccccc4)c4ccccc4)c4csc(NC(c5ccccc5)(c5ccccc5)c5ccccc5)n4)C(=O)N23)cc1. The summed E-state index contributed by atoms with van der Waals surface area (Å²) in [5.41, 5.74) is 3.86. The van der Waals surface area contributed by atoms with E-state index in [1.54, 1.807) is 53.8 Å². The summed E-state index contributed by atoms with van der Waals surface area (Å²) in [6, 6.07) is 65.3. The van der Waals surface area contributed by atoms with E-state index in [-0.39, 0.29) is 36.1 Å². The first kappa shape index (κ1) is 55.6. The molecule has 3 aliphatic rings. The first-order chi connectivity index (χ1) is 40.8. The number of morpholine rings is 1. The van der Waals surface area contributed by atoms with Gasteiger partial charge >= 0.3 is 12.1 Å². The molecule has 0 unspecified atom stereocenters. The third kappa shape index (κ3) is 11.8. The Balaban J connectivity index is 0.953. The van der Waals surface area contributed by atoms with Gasteiger partial charge in [0, 0.05) is 40.9 Å². The average Bonchev–Trinajstić information content (AvgIpc) is 3.94. The number of thioether (sulfide) groups is 1. The Morgan fingerprint density at radius 2 is 1.22 bits per heavy atom. The van der Waals surface area contributed by atoms with E-state index in [9.17, 15) is 14.4 Å². The standard InChI is InChI=1S/C66H58N6O9S2/c1-77-54-36-34-46(35-37-54)43-80-62(75)58-47(21-20-40-79-64(76)71-38-41-78-42-39-71)44-82-61-57(60(74)72(58)61)68-59(73)56(70-81-66(51-28-14-5-15-29-51,52-30-16-6-17-31-52)53-32-18-7-19-33-53)55-45-83-63(67-55)69-65(48-22-8-2-9-23-48,49-24-10-3-11-25-49)50-26-12-4-13-27-50/h2-37,45,57,61H,38-44H2,1H3,(H,67,69)(H,68,73)/b21-20-,70-56-/t57-,61-/m1/s1. The van der Waals surface area contributed by atoms with E-state index in [4.69, 9.17) is 33.9 Å². The van der Waals surface area contributed by atoms with Crippen LogP contribution in [0.5, 0.6) is 5.75 Å². The van der Waals surface area contributed by atoms with Crippen molar-refractivity contribution < 1.29 is 43.0 Å². The van der Waals surface area contributed by atoms with Crippen LogP contribution in [0.15, 0.2) is 240 Å². The summed E-state index contributed by atoms with van der Waals surface area (Å²) in [6.07, 6.45) is 2.80. The number of fused-ring (bicyclic) bond motifs is 1. The zero-order chi connectivity index (χ0) is 57.0. The molecule has 2 saturated heterocycles. The molecule has 0 saturated carbocycles. The average molecular weight is 1140 g/mol. The maximum atomic E-state index is 15.4. The summed E-state index contributed by atoms with van der Waals surface area (Å²) >= 11 is 2.65. The van der Waals surface area contributed by atoms with Gasteiger partial charge in [-0.3, -0.25) is 14.5 Å². The number of amides is 3. The Kier molecular flexibility index (Phi) is 17.2. The van der Waals surface area contributed by atoms with Gasteiger partial charge in [0.2, 0.25) is 5.60 Å². The van der Waals surface area contributed by atoms with Crippen molar-refractivity contribution in [3.05, 3.63) is 280 Å². The van der Waals surface area contributed by atoms with E-state index in [1.807, 2.05) is 146 Å². The molecule has 0 aliphatic carbocycles. The normalized spacial score (nSPS) is 16.3. The number of nitrogens with zero attached hydrogens (tertiary/aromatic N) is 4. The van der Waals surface area contributed by atoms with Crippen molar-refractivity contribution in [1.82, 2.24) is 20.1 Å². The van der Waals surface area contributed by atoms with Crippen LogP contribution >= 0.6 is 23.1 Å². The van der Waals surface area contributed by atoms with Crippen LogP contribution < -0.4 is 15.4 Å². The summed E-state index contributed by atoms with van der Waals surface area (Å²) in [4.78, 5) is 72.4. The molecule has 0 bridgehead atoms. The van der Waals surface area contributed by atoms with E-state index in [2.05, 4.69) is 47.0 Å². The number of anilines is 1. The number of nitrogens with one attached hydrogen (secondary N) is 2. The number of methoxy groups -OCH3 is 1. The lowest BCUT2D eigenvalue weighted by molar-refractivity contribution is -0.153. The smallest absolute Gasteiger partial charge is 0.410 e. The predicted molar refractivity (Wildman–Crippen MR) is 319 cm³/mol. The van der Waals surface area contributed by atoms with E-state index in [0.29, 0.717) is 48.3 Å². The molecule has 83 heavy (non-hydrogen) atoms. The molecule has 418 valence electrons. The molecule has 3 amide bonds. The first-order valence-electron chi connectivity index (χ1n) is 27.0. The number of allylic oxidation sites excluding steroid dienone is 1. The van der Waals surface area contributed by atoms with Crippen molar-refractivity contribution in [2.45, 2.75) is 29.2 Å². The molecule has 0 radical (unpaired) electrons. The first-order valence-corrected chi connectivity index (χ1v) is 29.0. The fourth-order valence-electron chi connectivity index (χ4n) is 10.4. The predicted octanol–water partition coefficient (Wildman–Crippen LogP) is 10.7. The van der Waals surface area contributed by atoms with Gasteiger partial charge in [-0.05, 0) is 46.0 Å². The number of β-lactam (4-membered cyclic amide) rings is 1. The summed E-state index contributed by atoms with van der Waals surface area (Å²) in [5.74, 6) is -1.16. The highest BCUT2D eigenvalue weighted by molar-refractivity contribution is 8.00. The van der Waals surface area contributed by atoms with Crippen LogP contribution in [0.2, 0.25) is 0 Å².